The number of carbonyl (C=O) groups excluding carboxylic acids is 4. The van der Waals surface area contributed by atoms with Crippen molar-refractivity contribution in [3.8, 4) is 0 Å². The summed E-state index contributed by atoms with van der Waals surface area (Å²) in [4.78, 5) is 50.9. The van der Waals surface area contributed by atoms with Gasteiger partial charge in [0.25, 0.3) is 0 Å². The number of unbranched alkanes of at least 4 members (excludes halogenated alkanes) is 2. The van der Waals surface area contributed by atoms with Gasteiger partial charge in [-0.3, -0.25) is 24.1 Å². The summed E-state index contributed by atoms with van der Waals surface area (Å²) < 4.78 is 0. The summed E-state index contributed by atoms with van der Waals surface area (Å²) in [6.45, 7) is 12.2. The number of rotatable bonds is 11. The van der Waals surface area contributed by atoms with Crippen LogP contribution in [0.5, 0.6) is 0 Å². The van der Waals surface area contributed by atoms with Crippen molar-refractivity contribution in [3.05, 3.63) is 0 Å². The van der Waals surface area contributed by atoms with Crippen LogP contribution in [0.25, 0.3) is 0 Å². The largest absolute Gasteiger partial charge is 0.368 e. The number of likely N-dealkylation sites (N-methyl/N-ethyl adjacent to an activating group) is 1. The van der Waals surface area contributed by atoms with Crippen molar-refractivity contribution in [1.29, 1.82) is 0 Å². The van der Waals surface area contributed by atoms with Gasteiger partial charge in [-0.15, -0.1) is 11.8 Å². The van der Waals surface area contributed by atoms with E-state index in [-0.39, 0.29) is 35.3 Å². The number of hydrogen-bond acceptors (Lipinski definition) is 5. The monoisotopic (exact) mass is 429 g/mol. The van der Waals surface area contributed by atoms with E-state index in [1.165, 1.54) is 21.6 Å². The molecule has 2 N–H and O–H groups in total. The van der Waals surface area contributed by atoms with Crippen LogP contribution in [0.4, 0.5) is 0 Å². The molecule has 168 valence electrons. The van der Waals surface area contributed by atoms with E-state index in [2.05, 4.69) is 0 Å². The maximum absolute atomic E-state index is 12.3. The first-order valence-corrected chi connectivity index (χ1v) is 11.5. The average molecular weight is 430 g/mol. The Balaban J connectivity index is 0.00000379. The first kappa shape index (κ1) is 27.4. The van der Waals surface area contributed by atoms with E-state index < -0.39 is 11.9 Å². The Bertz CT molecular complexity index is 566. The minimum atomic E-state index is -0.604. The van der Waals surface area contributed by atoms with Crippen molar-refractivity contribution in [1.82, 2.24) is 9.80 Å². The number of hydrogen-bond donors (Lipinski definition) is 1. The number of thioether (sulfide) groups is 1. The Labute approximate surface area is 180 Å². The summed E-state index contributed by atoms with van der Waals surface area (Å²) >= 11 is 1.54. The molecule has 4 amide bonds. The lowest BCUT2D eigenvalue weighted by atomic mass is 10.0. The number of carbonyl (C=O) groups is 4. The highest BCUT2D eigenvalue weighted by Gasteiger charge is 2.38. The van der Waals surface area contributed by atoms with E-state index in [1.807, 2.05) is 41.5 Å². The van der Waals surface area contributed by atoms with Crippen LogP contribution in [0.2, 0.25) is 0 Å². The lowest BCUT2D eigenvalue weighted by Crippen LogP contribution is -2.48. The molecule has 0 spiro atoms. The van der Waals surface area contributed by atoms with Gasteiger partial charge in [0.05, 0.1) is 5.25 Å². The van der Waals surface area contributed by atoms with E-state index in [1.54, 1.807) is 7.05 Å². The van der Waals surface area contributed by atoms with Gasteiger partial charge in [-0.1, -0.05) is 48.0 Å². The lowest BCUT2D eigenvalue weighted by Gasteiger charge is -2.28. The van der Waals surface area contributed by atoms with Gasteiger partial charge >= 0.3 is 0 Å². The van der Waals surface area contributed by atoms with Crippen molar-refractivity contribution in [3.63, 3.8) is 0 Å². The smallest absolute Gasteiger partial charge is 0.242 e. The normalized spacial score (nSPS) is 17.4. The molecule has 1 fully saturated rings. The zero-order chi connectivity index (χ0) is 22.7. The van der Waals surface area contributed by atoms with Crippen LogP contribution in [0.3, 0.4) is 0 Å². The molecule has 0 saturated carbocycles. The fourth-order valence-electron chi connectivity index (χ4n) is 3.34. The maximum atomic E-state index is 12.3. The lowest BCUT2D eigenvalue weighted by molar-refractivity contribution is -0.139. The van der Waals surface area contributed by atoms with E-state index in [0.29, 0.717) is 31.1 Å². The fraction of sp³-hybridized carbons (Fsp3) is 0.810. The number of likely N-dealkylation sites (tertiary alicyclic amines) is 1. The molecule has 1 rings (SSSR count). The third-order valence-electron chi connectivity index (χ3n) is 4.64. The second kappa shape index (κ2) is 13.6. The number of primary amides is 1. The van der Waals surface area contributed by atoms with Crippen LogP contribution in [0, 0.1) is 5.92 Å². The molecule has 2 unspecified atom stereocenters. The Hall–Kier alpha value is -1.57. The average Bonchev–Trinajstić information content (AvgIpc) is 2.88. The van der Waals surface area contributed by atoms with Crippen molar-refractivity contribution >= 4 is 35.4 Å². The Morgan fingerprint density at radius 2 is 1.72 bits per heavy atom. The van der Waals surface area contributed by atoms with Crippen molar-refractivity contribution < 1.29 is 19.2 Å². The molecule has 0 radical (unpaired) electrons. The third kappa shape index (κ3) is 8.76. The number of nitrogens with two attached hydrogens (primary N) is 1. The third-order valence-corrected chi connectivity index (χ3v) is 5.89. The number of imide groups is 1. The van der Waals surface area contributed by atoms with Gasteiger partial charge < -0.3 is 10.6 Å². The van der Waals surface area contributed by atoms with Crippen molar-refractivity contribution in [2.24, 2.45) is 11.7 Å². The van der Waals surface area contributed by atoms with Crippen LogP contribution in [0.15, 0.2) is 0 Å². The summed E-state index contributed by atoms with van der Waals surface area (Å²) in [5, 5.41) is 0.0549. The van der Waals surface area contributed by atoms with Gasteiger partial charge in [-0.25, -0.2) is 0 Å². The summed E-state index contributed by atoms with van der Waals surface area (Å²) in [5.41, 5.74) is 5.39. The second-order valence-corrected chi connectivity index (χ2v) is 9.45. The quantitative estimate of drug-likeness (QED) is 0.402. The molecule has 0 bridgehead atoms. The second-order valence-electron chi connectivity index (χ2n) is 7.67. The zero-order valence-corrected chi connectivity index (χ0v) is 19.9. The first-order chi connectivity index (χ1) is 13.6. The highest BCUT2D eigenvalue weighted by atomic mass is 32.2. The van der Waals surface area contributed by atoms with Crippen LogP contribution in [-0.2, 0) is 19.2 Å². The molecule has 8 heteroatoms. The molecular formula is C21H39N3O4S. The molecule has 7 nitrogen and oxygen atoms in total. The molecule has 1 heterocycles. The van der Waals surface area contributed by atoms with Gasteiger partial charge in [0.15, 0.2) is 0 Å². The molecule has 0 aromatic heterocycles. The van der Waals surface area contributed by atoms with Crippen LogP contribution in [-0.4, -0.2) is 63.6 Å². The first-order valence-electron chi connectivity index (χ1n) is 10.6. The van der Waals surface area contributed by atoms with Crippen LogP contribution < -0.4 is 5.73 Å². The van der Waals surface area contributed by atoms with E-state index in [9.17, 15) is 19.2 Å². The van der Waals surface area contributed by atoms with Crippen LogP contribution in [0.1, 0.15) is 73.6 Å². The zero-order valence-electron chi connectivity index (χ0n) is 19.1. The SMILES string of the molecule is CC.CC(C)SC1CC(=O)N(CCCCCC(=O)N(C)C(C(N)=O)C(C)C)C1=O. The minimum absolute atomic E-state index is 0.0414. The standard InChI is InChI=1S/C19H33N3O4S.C2H6/c1-12(2)17(18(20)25)21(5)15(23)9-7-6-8-10-22-16(24)11-14(19(22)26)27-13(3)4;1-2/h12-14,17H,6-11H2,1-5H3,(H2,20,25);1-2H3. The Kier molecular flexibility index (Phi) is 12.9. The van der Waals surface area contributed by atoms with Crippen molar-refractivity contribution in [2.45, 2.75) is 90.2 Å². The van der Waals surface area contributed by atoms with Gasteiger partial charge in [0, 0.05) is 26.4 Å². The fourth-order valence-corrected chi connectivity index (χ4v) is 4.48. The molecule has 1 aliphatic heterocycles. The van der Waals surface area contributed by atoms with E-state index in [0.717, 1.165) is 6.42 Å². The molecule has 0 aromatic carbocycles. The minimum Gasteiger partial charge on any atom is -0.368 e. The maximum Gasteiger partial charge on any atom is 0.242 e. The van der Waals surface area contributed by atoms with E-state index >= 15 is 0 Å². The van der Waals surface area contributed by atoms with Crippen LogP contribution >= 0.6 is 11.8 Å². The predicted octanol–water partition coefficient (Wildman–Crippen LogP) is 2.81. The summed E-state index contributed by atoms with van der Waals surface area (Å²) in [6.07, 6.45) is 2.67. The van der Waals surface area contributed by atoms with E-state index in [4.69, 9.17) is 5.73 Å². The molecule has 1 aliphatic rings. The number of amides is 4. The topological polar surface area (TPSA) is 101 Å². The molecule has 0 aromatic rings. The molecular weight excluding hydrogens is 390 g/mol. The molecule has 0 aliphatic carbocycles. The molecule has 1 saturated heterocycles. The summed E-state index contributed by atoms with van der Waals surface area (Å²) in [7, 11) is 1.60. The molecule has 2 atom stereocenters. The van der Waals surface area contributed by atoms with Gasteiger partial charge in [0.1, 0.15) is 6.04 Å². The molecule has 29 heavy (non-hydrogen) atoms. The summed E-state index contributed by atoms with van der Waals surface area (Å²) in [6, 6.07) is -0.604. The highest BCUT2D eigenvalue weighted by molar-refractivity contribution is 8.01. The Morgan fingerprint density at radius 3 is 2.21 bits per heavy atom. The number of nitrogens with zero attached hydrogens (tertiary/aromatic N) is 2. The van der Waals surface area contributed by atoms with Gasteiger partial charge in [0.2, 0.25) is 23.6 Å². The Morgan fingerprint density at radius 1 is 1.14 bits per heavy atom. The predicted molar refractivity (Wildman–Crippen MR) is 118 cm³/mol. The van der Waals surface area contributed by atoms with Gasteiger partial charge in [-0.05, 0) is 24.0 Å². The van der Waals surface area contributed by atoms with Crippen molar-refractivity contribution in [2.75, 3.05) is 13.6 Å². The summed E-state index contributed by atoms with van der Waals surface area (Å²) in [5.74, 6) is -0.846. The van der Waals surface area contributed by atoms with Gasteiger partial charge in [-0.2, -0.15) is 0 Å². The highest BCUT2D eigenvalue weighted by Crippen LogP contribution is 2.28.